The van der Waals surface area contributed by atoms with Crippen molar-refractivity contribution in [2.45, 2.75) is 179 Å². The second-order valence-electron chi connectivity index (χ2n) is 26.3. The second kappa shape index (κ2) is 30.9. The molecule has 3 fully saturated rings. The summed E-state index contributed by atoms with van der Waals surface area (Å²) in [4.78, 5) is -5.03. The number of hydrogen-bond donors (Lipinski definition) is 0. The molecule has 20 nitrogen and oxygen atoms in total. The minimum atomic E-state index is -5.65. The third kappa shape index (κ3) is 15.9. The van der Waals surface area contributed by atoms with E-state index < -0.39 is 165 Å². The Bertz CT molecular complexity index is 4850. The normalized spacial score (nSPS) is 20.0. The second-order valence-corrected chi connectivity index (χ2v) is 35.8. The van der Waals surface area contributed by atoms with Gasteiger partial charge in [-0.15, -0.1) is 0 Å². The van der Waals surface area contributed by atoms with Gasteiger partial charge in [-0.2, -0.15) is 65.9 Å². The molecule has 5 aromatic rings. The maximum absolute atomic E-state index is 14.1. The van der Waals surface area contributed by atoms with E-state index in [1.807, 2.05) is 13.8 Å². The standard InChI is InChI=1S/C15H16F4O4S.C14H16F4O4S.C13H12F4O4S.C12H10F4O4S.C12H12F4O4S/c1-13(2)7-22-14(23-8-13)6-5-9-10(16)3-4-11(12(9)14)24(20,21)15(17,18)19;1-3-21-13(22-4-2)8-7-9-10(15)5-6-11(12(9)13)23(19,20)14(16,17)18;14-9-2-3-10(22(18,19)13(15,16)17)11-8(9)4-5-12(11)20-6-1-7-21-12;13-8-1-2-9(21(17,18)12(14,15)16)10-7(8)3-4-11(10)19-5-6-20-11;1-19-11(20-2)6-5-7-8(13)3-4-9(10(7)11)21(17,18)12(14,15)16/h3-4H,5-8H2,1-2H3;5-6H,3-4,7-8H2,1-2H3;2-3H,1,4-7H2;1-2H,3-6H2;3-4H,5-6H2,1-2H3. The number of hydrogen-bond acceptors (Lipinski definition) is 20. The smallest absolute Gasteiger partial charge is 0.349 e. The van der Waals surface area contributed by atoms with Crippen molar-refractivity contribution >= 4 is 49.2 Å². The molecule has 0 atom stereocenters. The Morgan fingerprint density at radius 3 is 0.820 bits per heavy atom. The molecule has 0 aromatic heterocycles. The van der Waals surface area contributed by atoms with Crippen molar-refractivity contribution in [3.05, 3.63) is 145 Å². The van der Waals surface area contributed by atoms with Crippen LogP contribution in [-0.2, 0) is 158 Å². The maximum atomic E-state index is 14.1. The van der Waals surface area contributed by atoms with E-state index >= 15 is 0 Å². The third-order valence-corrected chi connectivity index (χ3v) is 26.6. The van der Waals surface area contributed by atoms with Gasteiger partial charge in [-0.1, -0.05) is 13.8 Å². The highest BCUT2D eigenvalue weighted by molar-refractivity contribution is 7.93. The average Bonchev–Trinajstić information content (AvgIpc) is 1.47. The fourth-order valence-electron chi connectivity index (χ4n) is 14.0. The van der Waals surface area contributed by atoms with E-state index in [0.717, 1.165) is 38.5 Å². The molecule has 0 unspecified atom stereocenters. The van der Waals surface area contributed by atoms with Crippen LogP contribution < -0.4 is 0 Å². The predicted octanol–water partition coefficient (Wildman–Crippen LogP) is 14.0. The van der Waals surface area contributed by atoms with E-state index in [2.05, 4.69) is 0 Å². The zero-order chi connectivity index (χ0) is 83.1. The molecule has 13 rings (SSSR count). The van der Waals surface area contributed by atoms with Gasteiger partial charge in [-0.05, 0) is 141 Å². The van der Waals surface area contributed by atoms with Crippen LogP contribution in [-0.4, -0.2) is 137 Å². The SMILES string of the molecule is CC1(C)COC2(CCc3c(F)ccc(S(=O)(=O)C(F)(F)F)c32)OC1.CCOC1(OCC)CCc2c(F)ccc(S(=O)(=O)C(F)(F)F)c21.COC1(OC)CCc2c(F)ccc(S(=O)(=O)C(F)(F)F)c21.O=S(=O)(c1ccc(F)c2c1C1(CC2)OCCCO1)C(F)(F)F.O=S(=O)(c1ccc(F)c2c1C1(CC2)OCCO1)C(F)(F)F. The van der Waals surface area contributed by atoms with Gasteiger partial charge < -0.3 is 47.4 Å². The van der Waals surface area contributed by atoms with E-state index in [1.165, 1.54) is 0 Å². The van der Waals surface area contributed by atoms with E-state index in [9.17, 15) is 130 Å². The van der Waals surface area contributed by atoms with Gasteiger partial charge in [0.05, 0.1) is 64.1 Å². The Balaban J connectivity index is 0.000000160. The number of halogens is 20. The first-order valence-electron chi connectivity index (χ1n) is 32.9. The van der Waals surface area contributed by atoms with Crippen molar-refractivity contribution in [1.82, 2.24) is 0 Å². The van der Waals surface area contributed by atoms with Crippen molar-refractivity contribution in [3.8, 4) is 0 Å². The van der Waals surface area contributed by atoms with Gasteiger partial charge in [0.1, 0.15) is 29.1 Å². The number of sulfone groups is 5. The Labute approximate surface area is 620 Å². The van der Waals surface area contributed by atoms with Gasteiger partial charge in [0, 0.05) is 92.8 Å². The van der Waals surface area contributed by atoms with Crippen LogP contribution in [0.3, 0.4) is 0 Å². The van der Waals surface area contributed by atoms with Crippen molar-refractivity contribution in [2.75, 3.05) is 67.1 Å². The number of methoxy groups -OCH3 is 2. The van der Waals surface area contributed by atoms with E-state index in [0.29, 0.717) is 42.8 Å². The summed E-state index contributed by atoms with van der Waals surface area (Å²) in [5, 5.41) is 0. The molecule has 0 saturated carbocycles. The Kier molecular flexibility index (Phi) is 24.8. The van der Waals surface area contributed by atoms with Crippen molar-refractivity contribution in [2.24, 2.45) is 5.41 Å². The van der Waals surface area contributed by atoms with Crippen LogP contribution in [0, 0.1) is 34.5 Å². The highest BCUT2D eigenvalue weighted by Gasteiger charge is 2.60. The summed E-state index contributed by atoms with van der Waals surface area (Å²) in [7, 11) is -25.8. The zero-order valence-electron chi connectivity index (χ0n) is 58.5. The van der Waals surface area contributed by atoms with Crippen LogP contribution in [0.2, 0.25) is 0 Å². The van der Waals surface area contributed by atoms with Crippen LogP contribution in [0.25, 0.3) is 0 Å². The van der Waals surface area contributed by atoms with Gasteiger partial charge in [0.2, 0.25) is 0 Å². The number of alkyl halides is 15. The maximum Gasteiger partial charge on any atom is 0.501 e. The summed E-state index contributed by atoms with van der Waals surface area (Å²) in [5.74, 6) is -12.1. The molecule has 0 N–H and O–H groups in total. The molecular formula is C66H66F20O20S5. The summed E-state index contributed by atoms with van der Waals surface area (Å²) in [6, 6.07) is 6.74. The molecule has 3 heterocycles. The van der Waals surface area contributed by atoms with Crippen LogP contribution in [0.5, 0.6) is 0 Å². The van der Waals surface area contributed by atoms with E-state index in [-0.39, 0.29) is 173 Å². The van der Waals surface area contributed by atoms with Crippen LogP contribution in [0.15, 0.2) is 85.1 Å². The molecule has 0 radical (unpaired) electrons. The predicted molar refractivity (Wildman–Crippen MR) is 340 cm³/mol. The summed E-state index contributed by atoms with van der Waals surface area (Å²) in [6.07, 6.45) is 1.06. The van der Waals surface area contributed by atoms with Gasteiger partial charge in [-0.25, -0.2) is 64.0 Å². The van der Waals surface area contributed by atoms with Crippen molar-refractivity contribution < 1.29 is 177 Å². The van der Waals surface area contributed by atoms with Crippen LogP contribution in [0.4, 0.5) is 87.8 Å². The molecule has 5 aliphatic carbocycles. The molecule has 5 aromatic carbocycles. The molecule has 3 saturated heterocycles. The molecule has 45 heteroatoms. The van der Waals surface area contributed by atoms with Gasteiger partial charge in [-0.3, -0.25) is 0 Å². The molecule has 3 aliphatic heterocycles. The highest BCUT2D eigenvalue weighted by atomic mass is 32.2. The lowest BCUT2D eigenvalue weighted by Gasteiger charge is -2.42. The molecule has 0 amide bonds. The minimum Gasteiger partial charge on any atom is -0.349 e. The Morgan fingerprint density at radius 2 is 0.559 bits per heavy atom. The zero-order valence-corrected chi connectivity index (χ0v) is 62.6. The fourth-order valence-corrected chi connectivity index (χ4v) is 19.2. The lowest BCUT2D eigenvalue weighted by Crippen LogP contribution is -2.45. The molecule has 3 spiro atoms. The summed E-state index contributed by atoms with van der Waals surface area (Å²) in [6.45, 7) is 7.98. The average molecular weight is 1720 g/mol. The minimum absolute atomic E-state index is 0.0179. The molecule has 8 aliphatic rings. The Hall–Kier alpha value is -5.95. The molecule has 111 heavy (non-hydrogen) atoms. The largest absolute Gasteiger partial charge is 0.501 e. The topological polar surface area (TPSA) is 263 Å². The lowest BCUT2D eigenvalue weighted by atomic mass is 9.93. The summed E-state index contributed by atoms with van der Waals surface area (Å²) < 4.78 is 435. The quantitative estimate of drug-likeness (QED) is 0.0676. The van der Waals surface area contributed by atoms with E-state index in [4.69, 9.17) is 47.4 Å². The first-order valence-corrected chi connectivity index (χ1v) is 40.3. The fraction of sp³-hybridized carbons (Fsp3) is 0.545. The summed E-state index contributed by atoms with van der Waals surface area (Å²) >= 11 is 0. The van der Waals surface area contributed by atoms with Gasteiger partial charge in [0.25, 0.3) is 49.2 Å². The summed E-state index contributed by atoms with van der Waals surface area (Å²) in [5.41, 5.74) is -30.2. The van der Waals surface area contributed by atoms with Gasteiger partial charge in [0.15, 0.2) is 28.9 Å². The first kappa shape index (κ1) is 89.0. The molecule has 0 bridgehead atoms. The van der Waals surface area contributed by atoms with E-state index in [1.54, 1.807) is 13.8 Å². The lowest BCUT2D eigenvalue weighted by molar-refractivity contribution is -0.307. The number of rotatable bonds is 11. The monoisotopic (exact) mass is 1720 g/mol. The van der Waals surface area contributed by atoms with Crippen LogP contribution >= 0.6 is 0 Å². The van der Waals surface area contributed by atoms with Gasteiger partial charge >= 0.3 is 27.5 Å². The van der Waals surface area contributed by atoms with Crippen molar-refractivity contribution in [1.29, 1.82) is 0 Å². The number of ether oxygens (including phenoxy) is 10. The molecular weight excluding hydrogens is 1650 g/mol. The highest BCUT2D eigenvalue weighted by Crippen LogP contribution is 2.55. The Morgan fingerprint density at radius 1 is 0.333 bits per heavy atom. The molecule has 620 valence electrons. The number of fused-ring (bicyclic) bond motifs is 8. The number of benzene rings is 5. The third-order valence-electron chi connectivity index (χ3n) is 19.0. The first-order chi connectivity index (χ1) is 51.0. The van der Waals surface area contributed by atoms with Crippen molar-refractivity contribution in [3.63, 3.8) is 0 Å². The van der Waals surface area contributed by atoms with Crippen LogP contribution in [0.1, 0.15) is 122 Å².